The smallest absolute Gasteiger partial charge is 0.375 e. The van der Waals surface area contributed by atoms with Gasteiger partial charge in [0, 0.05) is 13.0 Å². The molecule has 0 bridgehead atoms. The second-order valence-corrected chi connectivity index (χ2v) is 3.35. The number of hydrogen-bond donors (Lipinski definition) is 1. The van der Waals surface area contributed by atoms with Crippen molar-refractivity contribution in [2.75, 3.05) is 0 Å². The van der Waals surface area contributed by atoms with Gasteiger partial charge in [0.15, 0.2) is 0 Å². The highest BCUT2D eigenvalue weighted by molar-refractivity contribution is 5.82. The third-order valence-corrected chi connectivity index (χ3v) is 2.46. The Morgan fingerprint density at radius 1 is 1.62 bits per heavy atom. The van der Waals surface area contributed by atoms with E-state index >= 15 is 0 Å². The van der Waals surface area contributed by atoms with Crippen LogP contribution >= 0.6 is 0 Å². The number of hydrogen-bond acceptors (Lipinski definition) is 3. The minimum atomic E-state index is -1.05. The van der Waals surface area contributed by atoms with Crippen LogP contribution in [0.1, 0.15) is 41.6 Å². The molecule has 1 N–H and O–H groups in total. The molecule has 2 rings (SSSR count). The van der Waals surface area contributed by atoms with Gasteiger partial charge in [0.1, 0.15) is 5.82 Å². The first-order valence-corrected chi connectivity index (χ1v) is 4.32. The Labute approximate surface area is 75.4 Å². The molecule has 0 aromatic carbocycles. The minimum Gasteiger partial charge on any atom is -0.475 e. The molecule has 0 unspecified atom stereocenters. The Bertz CT molecular complexity index is 341. The summed E-state index contributed by atoms with van der Waals surface area (Å²) in [5.41, 5.74) is 0. The Hall–Kier alpha value is -1.39. The minimum absolute atomic E-state index is 0.0931. The van der Waals surface area contributed by atoms with Gasteiger partial charge in [-0.1, -0.05) is 6.42 Å². The molecule has 1 fully saturated rings. The van der Waals surface area contributed by atoms with E-state index in [4.69, 9.17) is 5.11 Å². The zero-order chi connectivity index (χ0) is 9.42. The number of nitrogens with zero attached hydrogens (tertiary/aromatic N) is 3. The van der Waals surface area contributed by atoms with Crippen LogP contribution in [0.15, 0.2) is 0 Å². The fourth-order valence-electron chi connectivity index (χ4n) is 1.51. The van der Waals surface area contributed by atoms with E-state index in [0.29, 0.717) is 5.92 Å². The van der Waals surface area contributed by atoms with Crippen molar-refractivity contribution in [3.05, 3.63) is 11.6 Å². The van der Waals surface area contributed by atoms with Gasteiger partial charge >= 0.3 is 5.97 Å². The van der Waals surface area contributed by atoms with Crippen LogP contribution in [-0.4, -0.2) is 25.8 Å². The molecular weight excluding hydrogens is 170 g/mol. The van der Waals surface area contributed by atoms with Crippen molar-refractivity contribution in [3.63, 3.8) is 0 Å². The molecule has 1 saturated carbocycles. The number of aromatic carboxylic acids is 1. The van der Waals surface area contributed by atoms with Crippen LogP contribution in [0.3, 0.4) is 0 Å². The lowest BCUT2D eigenvalue weighted by Gasteiger charge is -2.23. The van der Waals surface area contributed by atoms with E-state index in [-0.39, 0.29) is 5.82 Å². The third-order valence-electron chi connectivity index (χ3n) is 2.46. The molecule has 1 aliphatic carbocycles. The van der Waals surface area contributed by atoms with E-state index in [1.165, 1.54) is 6.42 Å². The molecule has 1 aromatic heterocycles. The van der Waals surface area contributed by atoms with E-state index in [1.54, 1.807) is 11.7 Å². The van der Waals surface area contributed by atoms with E-state index in [0.717, 1.165) is 18.7 Å². The van der Waals surface area contributed by atoms with Gasteiger partial charge in [0.2, 0.25) is 0 Å². The normalized spacial score (nSPS) is 17.0. The van der Waals surface area contributed by atoms with Gasteiger partial charge in [-0.25, -0.2) is 9.78 Å². The fraction of sp³-hybridized carbons (Fsp3) is 0.625. The standard InChI is InChI=1S/C8H11N3O2/c1-11-7(5-3-2-4-5)9-6(10-11)8(12)13/h5H,2-4H2,1H3,(H,12,13). The molecule has 0 spiro atoms. The highest BCUT2D eigenvalue weighted by atomic mass is 16.4. The number of carboxylic acids is 1. The summed E-state index contributed by atoms with van der Waals surface area (Å²) in [6.45, 7) is 0. The number of rotatable bonds is 2. The van der Waals surface area contributed by atoms with Gasteiger partial charge < -0.3 is 5.11 Å². The molecule has 13 heavy (non-hydrogen) atoms. The van der Waals surface area contributed by atoms with E-state index in [9.17, 15) is 4.79 Å². The lowest BCUT2D eigenvalue weighted by molar-refractivity contribution is 0.0683. The zero-order valence-electron chi connectivity index (χ0n) is 7.40. The molecule has 0 radical (unpaired) electrons. The number of carbonyl (C=O) groups is 1. The number of carboxylic acid groups (broad SMARTS) is 1. The maximum absolute atomic E-state index is 10.6. The molecule has 0 saturated heterocycles. The quantitative estimate of drug-likeness (QED) is 0.732. The first-order chi connectivity index (χ1) is 6.18. The molecule has 70 valence electrons. The van der Waals surface area contributed by atoms with Crippen molar-refractivity contribution < 1.29 is 9.90 Å². The third kappa shape index (κ3) is 1.30. The van der Waals surface area contributed by atoms with Gasteiger partial charge in [-0.15, -0.1) is 5.10 Å². The maximum Gasteiger partial charge on any atom is 0.375 e. The molecule has 0 amide bonds. The van der Waals surface area contributed by atoms with E-state index in [1.807, 2.05) is 0 Å². The van der Waals surface area contributed by atoms with Crippen LogP contribution in [0.2, 0.25) is 0 Å². The summed E-state index contributed by atoms with van der Waals surface area (Å²) < 4.78 is 1.58. The Morgan fingerprint density at radius 3 is 2.69 bits per heavy atom. The summed E-state index contributed by atoms with van der Waals surface area (Å²) in [6, 6.07) is 0. The predicted molar refractivity (Wildman–Crippen MR) is 44.6 cm³/mol. The van der Waals surface area contributed by atoms with Gasteiger partial charge in [0.05, 0.1) is 0 Å². The van der Waals surface area contributed by atoms with Crippen molar-refractivity contribution in [2.45, 2.75) is 25.2 Å². The summed E-state index contributed by atoms with van der Waals surface area (Å²) in [7, 11) is 1.74. The zero-order valence-corrected chi connectivity index (χ0v) is 7.40. The second-order valence-electron chi connectivity index (χ2n) is 3.35. The van der Waals surface area contributed by atoms with Crippen molar-refractivity contribution in [1.29, 1.82) is 0 Å². The van der Waals surface area contributed by atoms with Crippen molar-refractivity contribution >= 4 is 5.97 Å². The second kappa shape index (κ2) is 2.83. The molecule has 1 aliphatic rings. The summed E-state index contributed by atoms with van der Waals surface area (Å²) in [5, 5.41) is 12.5. The first-order valence-electron chi connectivity index (χ1n) is 4.32. The van der Waals surface area contributed by atoms with Gasteiger partial charge in [-0.2, -0.15) is 0 Å². The van der Waals surface area contributed by atoms with Crippen molar-refractivity contribution in [1.82, 2.24) is 14.8 Å². The monoisotopic (exact) mass is 181 g/mol. The van der Waals surface area contributed by atoms with E-state index < -0.39 is 5.97 Å². The van der Waals surface area contributed by atoms with Crippen LogP contribution in [0.4, 0.5) is 0 Å². The molecule has 0 aliphatic heterocycles. The Balaban J connectivity index is 2.29. The van der Waals surface area contributed by atoms with Crippen molar-refractivity contribution in [2.24, 2.45) is 7.05 Å². The van der Waals surface area contributed by atoms with Crippen LogP contribution < -0.4 is 0 Å². The lowest BCUT2D eigenvalue weighted by Crippen LogP contribution is -2.14. The average molecular weight is 181 g/mol. The summed E-state index contributed by atoms with van der Waals surface area (Å²) in [5.74, 6) is 0.0832. The number of aryl methyl sites for hydroxylation is 1. The molecule has 5 nitrogen and oxygen atoms in total. The number of aromatic nitrogens is 3. The van der Waals surface area contributed by atoms with Gasteiger partial charge in [-0.3, -0.25) is 4.68 Å². The predicted octanol–water partition coefficient (Wildman–Crippen LogP) is 0.781. The Kier molecular flexibility index (Phi) is 1.79. The highest BCUT2D eigenvalue weighted by Crippen LogP contribution is 2.34. The molecular formula is C8H11N3O2. The molecule has 0 atom stereocenters. The van der Waals surface area contributed by atoms with Crippen LogP contribution in [0.5, 0.6) is 0 Å². The SMILES string of the molecule is Cn1nc(C(=O)O)nc1C1CCC1. The van der Waals surface area contributed by atoms with Crippen LogP contribution in [0, 0.1) is 0 Å². The largest absolute Gasteiger partial charge is 0.475 e. The van der Waals surface area contributed by atoms with Gasteiger partial charge in [0.25, 0.3) is 5.82 Å². The summed E-state index contributed by atoms with van der Waals surface area (Å²) in [4.78, 5) is 14.5. The van der Waals surface area contributed by atoms with Crippen LogP contribution in [0.25, 0.3) is 0 Å². The van der Waals surface area contributed by atoms with E-state index in [2.05, 4.69) is 10.1 Å². The molecule has 1 heterocycles. The first kappa shape index (κ1) is 8.22. The summed E-state index contributed by atoms with van der Waals surface area (Å²) in [6.07, 6.45) is 3.41. The Morgan fingerprint density at radius 2 is 2.31 bits per heavy atom. The van der Waals surface area contributed by atoms with Crippen molar-refractivity contribution in [3.8, 4) is 0 Å². The highest BCUT2D eigenvalue weighted by Gasteiger charge is 2.26. The topological polar surface area (TPSA) is 68.0 Å². The lowest BCUT2D eigenvalue weighted by atomic mass is 9.85. The summed E-state index contributed by atoms with van der Waals surface area (Å²) >= 11 is 0. The molecule has 1 aromatic rings. The fourth-order valence-corrected chi connectivity index (χ4v) is 1.51. The average Bonchev–Trinajstić information content (AvgIpc) is 2.29. The maximum atomic E-state index is 10.6. The van der Waals surface area contributed by atoms with Gasteiger partial charge in [-0.05, 0) is 12.8 Å². The van der Waals surface area contributed by atoms with Crippen LogP contribution in [-0.2, 0) is 7.05 Å². The molecule has 5 heteroatoms.